The predicted octanol–water partition coefficient (Wildman–Crippen LogP) is 3.39. The molecule has 2 fully saturated rings. The standard InChI is InChI=1S/C23H23FN4O3/c1-12(28-22(29)13-3-6-20(30-2)25-10-13)21-17-8-15(9-18(17)21)31-23-16-5-4-14(24)7-19(16)26-11-27-23/h3-7,10-12,15,17-18,21H,8-9H2,1-2H3,(H,28,29). The lowest BCUT2D eigenvalue weighted by Gasteiger charge is -2.20. The Morgan fingerprint density at radius 1 is 1.16 bits per heavy atom. The summed E-state index contributed by atoms with van der Waals surface area (Å²) in [5.41, 5.74) is 1.06. The number of hydrogen-bond donors (Lipinski definition) is 1. The smallest absolute Gasteiger partial charge is 0.253 e. The Kier molecular flexibility index (Phi) is 4.92. The molecule has 0 radical (unpaired) electrons. The van der Waals surface area contributed by atoms with E-state index >= 15 is 0 Å². The second kappa shape index (κ2) is 7.76. The second-order valence-electron chi connectivity index (χ2n) is 8.31. The predicted molar refractivity (Wildman–Crippen MR) is 111 cm³/mol. The van der Waals surface area contributed by atoms with E-state index in [0.29, 0.717) is 40.6 Å². The SMILES string of the molecule is COc1ccc(C(=O)NC(C)C2C3CC(Oc4ncnc5cc(F)ccc45)CC32)cn1. The number of nitrogens with zero attached hydrogens (tertiary/aromatic N) is 3. The minimum absolute atomic E-state index is 0.0723. The third kappa shape index (κ3) is 3.78. The Balaban J connectivity index is 1.17. The summed E-state index contributed by atoms with van der Waals surface area (Å²) in [5, 5.41) is 3.82. The molecule has 2 aliphatic carbocycles. The second-order valence-corrected chi connectivity index (χ2v) is 8.31. The average Bonchev–Trinajstić information content (AvgIpc) is 3.29. The van der Waals surface area contributed by atoms with Crippen LogP contribution >= 0.6 is 0 Å². The molecule has 1 amide bonds. The maximum Gasteiger partial charge on any atom is 0.253 e. The fraction of sp³-hybridized carbons (Fsp3) is 0.391. The van der Waals surface area contributed by atoms with E-state index < -0.39 is 0 Å². The van der Waals surface area contributed by atoms with Crippen molar-refractivity contribution < 1.29 is 18.7 Å². The summed E-state index contributed by atoms with van der Waals surface area (Å²) in [6.07, 6.45) is 4.85. The third-order valence-electron chi connectivity index (χ3n) is 6.45. The van der Waals surface area contributed by atoms with E-state index in [-0.39, 0.29) is 23.9 Å². The highest BCUT2D eigenvalue weighted by Crippen LogP contribution is 2.59. The van der Waals surface area contributed by atoms with Gasteiger partial charge in [0.05, 0.1) is 23.6 Å². The first-order valence-corrected chi connectivity index (χ1v) is 10.4. The molecule has 7 nitrogen and oxygen atoms in total. The zero-order valence-corrected chi connectivity index (χ0v) is 17.3. The van der Waals surface area contributed by atoms with Gasteiger partial charge in [0.25, 0.3) is 5.91 Å². The fourth-order valence-corrected chi connectivity index (χ4v) is 4.96. The van der Waals surface area contributed by atoms with Crippen molar-refractivity contribution >= 4 is 16.8 Å². The van der Waals surface area contributed by atoms with Gasteiger partial charge in [0, 0.05) is 24.4 Å². The minimum atomic E-state index is -0.330. The van der Waals surface area contributed by atoms with Gasteiger partial charge in [-0.25, -0.2) is 19.3 Å². The molecule has 0 aliphatic heterocycles. The maximum absolute atomic E-state index is 13.4. The van der Waals surface area contributed by atoms with Crippen LogP contribution in [-0.4, -0.2) is 40.1 Å². The van der Waals surface area contributed by atoms with Crippen molar-refractivity contribution in [2.75, 3.05) is 7.11 Å². The van der Waals surface area contributed by atoms with Gasteiger partial charge in [0.2, 0.25) is 11.8 Å². The quantitative estimate of drug-likeness (QED) is 0.655. The largest absolute Gasteiger partial charge is 0.481 e. The van der Waals surface area contributed by atoms with Crippen molar-refractivity contribution in [2.45, 2.75) is 31.9 Å². The van der Waals surface area contributed by atoms with Crippen LogP contribution in [0, 0.1) is 23.6 Å². The number of methoxy groups -OCH3 is 1. The van der Waals surface area contributed by atoms with Gasteiger partial charge in [-0.3, -0.25) is 4.79 Å². The van der Waals surface area contributed by atoms with Gasteiger partial charge in [0.1, 0.15) is 18.2 Å². The van der Waals surface area contributed by atoms with Crippen LogP contribution in [0.3, 0.4) is 0 Å². The summed E-state index contributed by atoms with van der Waals surface area (Å²) in [4.78, 5) is 25.0. The summed E-state index contributed by atoms with van der Waals surface area (Å²) in [6, 6.07) is 7.90. The lowest BCUT2D eigenvalue weighted by atomic mass is 10.0. The zero-order valence-electron chi connectivity index (χ0n) is 17.3. The van der Waals surface area contributed by atoms with Crippen LogP contribution < -0.4 is 14.8 Å². The molecule has 3 aromatic rings. The van der Waals surface area contributed by atoms with E-state index in [2.05, 4.69) is 27.2 Å². The Labute approximate surface area is 179 Å². The van der Waals surface area contributed by atoms with Crippen molar-refractivity contribution in [2.24, 2.45) is 17.8 Å². The van der Waals surface area contributed by atoms with Gasteiger partial charge in [-0.1, -0.05) is 0 Å². The molecule has 1 aromatic carbocycles. The van der Waals surface area contributed by atoms with Gasteiger partial charge in [-0.05, 0) is 55.7 Å². The van der Waals surface area contributed by atoms with Crippen molar-refractivity contribution in [3.05, 3.63) is 54.2 Å². The summed E-state index contributed by atoms with van der Waals surface area (Å²) >= 11 is 0. The van der Waals surface area contributed by atoms with Gasteiger partial charge in [-0.15, -0.1) is 0 Å². The molecule has 2 aromatic heterocycles. The van der Waals surface area contributed by atoms with Crippen molar-refractivity contribution in [3.8, 4) is 11.8 Å². The first kappa shape index (κ1) is 19.7. The normalized spacial score (nSPS) is 25.0. The van der Waals surface area contributed by atoms with Crippen LogP contribution in [0.4, 0.5) is 4.39 Å². The molecule has 5 rings (SSSR count). The summed E-state index contributed by atoms with van der Waals surface area (Å²) in [7, 11) is 1.54. The molecular formula is C23H23FN4O3. The van der Waals surface area contributed by atoms with E-state index in [0.717, 1.165) is 18.2 Å². The highest BCUT2D eigenvalue weighted by molar-refractivity contribution is 5.94. The van der Waals surface area contributed by atoms with Crippen LogP contribution in [-0.2, 0) is 0 Å². The third-order valence-corrected chi connectivity index (χ3v) is 6.45. The summed E-state index contributed by atoms with van der Waals surface area (Å²) in [5.74, 6) is 2.03. The van der Waals surface area contributed by atoms with Crippen LogP contribution in [0.25, 0.3) is 10.9 Å². The van der Waals surface area contributed by atoms with Gasteiger partial charge in [-0.2, -0.15) is 0 Å². The van der Waals surface area contributed by atoms with Crippen LogP contribution in [0.1, 0.15) is 30.1 Å². The number of pyridine rings is 1. The summed E-state index contributed by atoms with van der Waals surface area (Å²) < 4.78 is 24.6. The Bertz CT molecular complexity index is 1110. The number of halogens is 1. The number of nitrogens with one attached hydrogen (secondary N) is 1. The number of hydrogen-bond acceptors (Lipinski definition) is 6. The molecule has 2 saturated carbocycles. The molecule has 3 unspecified atom stereocenters. The van der Waals surface area contributed by atoms with E-state index in [4.69, 9.17) is 9.47 Å². The van der Waals surface area contributed by atoms with E-state index in [1.807, 2.05) is 0 Å². The molecule has 0 saturated heterocycles. The molecule has 31 heavy (non-hydrogen) atoms. The zero-order chi connectivity index (χ0) is 21.5. The van der Waals surface area contributed by atoms with Crippen LogP contribution in [0.2, 0.25) is 0 Å². The Morgan fingerprint density at radius 3 is 2.68 bits per heavy atom. The first-order valence-electron chi connectivity index (χ1n) is 10.4. The molecule has 0 spiro atoms. The van der Waals surface area contributed by atoms with E-state index in [1.165, 1.54) is 24.7 Å². The number of rotatable bonds is 6. The molecule has 2 aliphatic rings. The fourth-order valence-electron chi connectivity index (χ4n) is 4.96. The number of ether oxygens (including phenoxy) is 2. The maximum atomic E-state index is 13.4. The number of benzene rings is 1. The lowest BCUT2D eigenvalue weighted by molar-refractivity contribution is 0.0929. The number of aromatic nitrogens is 3. The van der Waals surface area contributed by atoms with Crippen molar-refractivity contribution in [1.82, 2.24) is 20.3 Å². The number of amides is 1. The van der Waals surface area contributed by atoms with E-state index in [9.17, 15) is 9.18 Å². The van der Waals surface area contributed by atoms with Gasteiger partial charge < -0.3 is 14.8 Å². The van der Waals surface area contributed by atoms with Crippen molar-refractivity contribution in [1.29, 1.82) is 0 Å². The summed E-state index contributed by atoms with van der Waals surface area (Å²) in [6.45, 7) is 2.06. The molecule has 8 heteroatoms. The van der Waals surface area contributed by atoms with Crippen molar-refractivity contribution in [3.63, 3.8) is 0 Å². The molecule has 0 bridgehead atoms. The number of carbonyl (C=O) groups excluding carboxylic acids is 1. The van der Waals surface area contributed by atoms with Gasteiger partial charge in [0.15, 0.2) is 0 Å². The molecule has 1 N–H and O–H groups in total. The first-order chi connectivity index (χ1) is 15.0. The molecule has 3 atom stereocenters. The van der Waals surface area contributed by atoms with E-state index in [1.54, 1.807) is 25.3 Å². The topological polar surface area (TPSA) is 86.2 Å². The Hall–Kier alpha value is -3.29. The van der Waals surface area contributed by atoms with Crippen LogP contribution in [0.15, 0.2) is 42.9 Å². The van der Waals surface area contributed by atoms with Gasteiger partial charge >= 0.3 is 0 Å². The number of fused-ring (bicyclic) bond motifs is 2. The monoisotopic (exact) mass is 422 g/mol. The Morgan fingerprint density at radius 2 is 1.97 bits per heavy atom. The number of carbonyl (C=O) groups is 1. The average molecular weight is 422 g/mol. The lowest BCUT2D eigenvalue weighted by Crippen LogP contribution is -2.36. The highest BCUT2D eigenvalue weighted by Gasteiger charge is 2.58. The molecule has 2 heterocycles. The minimum Gasteiger partial charge on any atom is -0.481 e. The van der Waals surface area contributed by atoms with Crippen LogP contribution in [0.5, 0.6) is 11.8 Å². The molecule has 160 valence electrons. The highest BCUT2D eigenvalue weighted by atomic mass is 19.1. The molecular weight excluding hydrogens is 399 g/mol.